The van der Waals surface area contributed by atoms with Crippen molar-refractivity contribution in [3.05, 3.63) is 65.9 Å². The Morgan fingerprint density at radius 1 is 1.07 bits per heavy atom. The Labute approximate surface area is 171 Å². The van der Waals surface area contributed by atoms with E-state index in [1.165, 1.54) is 0 Å². The fourth-order valence-corrected chi connectivity index (χ4v) is 2.92. The molecule has 6 heteroatoms. The number of amides is 1. The summed E-state index contributed by atoms with van der Waals surface area (Å²) < 4.78 is 11.2. The van der Waals surface area contributed by atoms with Crippen LogP contribution in [0.25, 0.3) is 11.3 Å². The monoisotopic (exact) mass is 393 g/mol. The molecule has 0 saturated carbocycles. The fourth-order valence-electron chi connectivity index (χ4n) is 2.92. The molecule has 3 aromatic rings. The Kier molecular flexibility index (Phi) is 7.28. The number of nitrogens with one attached hydrogen (secondary N) is 2. The van der Waals surface area contributed by atoms with Gasteiger partial charge in [-0.25, -0.2) is 0 Å². The smallest absolute Gasteiger partial charge is 0.255 e. The largest absolute Gasteiger partial charge is 0.494 e. The van der Waals surface area contributed by atoms with Crippen molar-refractivity contribution in [2.75, 3.05) is 13.2 Å². The van der Waals surface area contributed by atoms with E-state index in [1.54, 1.807) is 6.20 Å². The molecular formula is C23H27N3O3. The number of H-pyrrole nitrogens is 1. The highest BCUT2D eigenvalue weighted by Gasteiger charge is 2.15. The van der Waals surface area contributed by atoms with Crippen LogP contribution in [0.15, 0.2) is 54.7 Å². The first-order chi connectivity index (χ1) is 14.2. The van der Waals surface area contributed by atoms with Gasteiger partial charge in [-0.1, -0.05) is 25.5 Å². The first-order valence-electron chi connectivity index (χ1n) is 9.97. The molecular weight excluding hydrogens is 366 g/mol. The minimum atomic E-state index is -0.182. The van der Waals surface area contributed by atoms with Gasteiger partial charge in [-0.2, -0.15) is 5.10 Å². The minimum Gasteiger partial charge on any atom is -0.494 e. The highest BCUT2D eigenvalue weighted by atomic mass is 16.5. The van der Waals surface area contributed by atoms with E-state index < -0.39 is 0 Å². The Morgan fingerprint density at radius 2 is 1.90 bits per heavy atom. The SMILES string of the molecule is CCCCOc1ccc(-c2[nH]ncc2C(=O)NCc2cccc(OCC)c2)cc1. The standard InChI is InChI=1S/C23H27N3O3/c1-3-5-13-29-19-11-9-18(10-12-19)22-21(16-25-26-22)23(27)24-15-17-7-6-8-20(14-17)28-4-2/h6-12,14,16H,3-5,13,15H2,1-2H3,(H,24,27)(H,25,26). The number of benzene rings is 2. The Balaban J connectivity index is 1.64. The normalized spacial score (nSPS) is 10.6. The molecule has 29 heavy (non-hydrogen) atoms. The summed E-state index contributed by atoms with van der Waals surface area (Å²) in [6, 6.07) is 15.4. The molecule has 0 aliphatic heterocycles. The highest BCUT2D eigenvalue weighted by molar-refractivity contribution is 5.99. The van der Waals surface area contributed by atoms with Gasteiger partial charge in [-0.05, 0) is 55.3 Å². The van der Waals surface area contributed by atoms with Gasteiger partial charge in [0, 0.05) is 12.1 Å². The lowest BCUT2D eigenvalue weighted by Crippen LogP contribution is -2.23. The number of carbonyl (C=O) groups is 1. The van der Waals surface area contributed by atoms with Crippen molar-refractivity contribution in [1.82, 2.24) is 15.5 Å². The summed E-state index contributed by atoms with van der Waals surface area (Å²) in [5, 5.41) is 9.93. The van der Waals surface area contributed by atoms with Gasteiger partial charge in [0.1, 0.15) is 11.5 Å². The molecule has 6 nitrogen and oxygen atoms in total. The molecule has 0 atom stereocenters. The second-order valence-corrected chi connectivity index (χ2v) is 6.65. The molecule has 1 amide bonds. The fraction of sp³-hybridized carbons (Fsp3) is 0.304. The summed E-state index contributed by atoms with van der Waals surface area (Å²) in [5.41, 5.74) is 3.05. The van der Waals surface area contributed by atoms with Gasteiger partial charge in [-0.15, -0.1) is 0 Å². The van der Waals surface area contributed by atoms with E-state index in [1.807, 2.05) is 55.5 Å². The van der Waals surface area contributed by atoms with Crippen LogP contribution in [0.4, 0.5) is 0 Å². The number of carbonyl (C=O) groups excluding carboxylic acids is 1. The topological polar surface area (TPSA) is 76.2 Å². The van der Waals surface area contributed by atoms with Crippen molar-refractivity contribution in [3.63, 3.8) is 0 Å². The number of aromatic nitrogens is 2. The Hall–Kier alpha value is -3.28. The molecule has 3 rings (SSSR count). The summed E-state index contributed by atoms with van der Waals surface area (Å²) in [6.07, 6.45) is 3.67. The maximum Gasteiger partial charge on any atom is 0.255 e. The highest BCUT2D eigenvalue weighted by Crippen LogP contribution is 2.24. The van der Waals surface area contributed by atoms with Crippen LogP contribution in [-0.2, 0) is 6.54 Å². The summed E-state index contributed by atoms with van der Waals surface area (Å²) in [4.78, 5) is 12.7. The Bertz CT molecular complexity index is 919. The summed E-state index contributed by atoms with van der Waals surface area (Å²) in [5.74, 6) is 1.44. The van der Waals surface area contributed by atoms with Crippen LogP contribution in [0, 0.1) is 0 Å². The molecule has 2 aromatic carbocycles. The summed E-state index contributed by atoms with van der Waals surface area (Å²) in [6.45, 7) is 5.80. The molecule has 2 N–H and O–H groups in total. The lowest BCUT2D eigenvalue weighted by molar-refractivity contribution is 0.0951. The zero-order chi connectivity index (χ0) is 20.5. The molecule has 152 valence electrons. The van der Waals surface area contributed by atoms with E-state index in [-0.39, 0.29) is 5.91 Å². The zero-order valence-electron chi connectivity index (χ0n) is 16.9. The number of aromatic amines is 1. The van der Waals surface area contributed by atoms with Crippen LogP contribution < -0.4 is 14.8 Å². The van der Waals surface area contributed by atoms with Crippen molar-refractivity contribution >= 4 is 5.91 Å². The summed E-state index contributed by atoms with van der Waals surface area (Å²) in [7, 11) is 0. The van der Waals surface area contributed by atoms with Gasteiger partial charge < -0.3 is 14.8 Å². The molecule has 0 unspecified atom stereocenters. The van der Waals surface area contributed by atoms with Crippen LogP contribution in [-0.4, -0.2) is 29.3 Å². The van der Waals surface area contributed by atoms with Crippen LogP contribution in [0.5, 0.6) is 11.5 Å². The van der Waals surface area contributed by atoms with E-state index in [2.05, 4.69) is 22.4 Å². The molecule has 0 bridgehead atoms. The van der Waals surface area contributed by atoms with Gasteiger partial charge in [0.05, 0.1) is 30.7 Å². The van der Waals surface area contributed by atoms with Crippen LogP contribution in [0.2, 0.25) is 0 Å². The maximum atomic E-state index is 12.7. The zero-order valence-corrected chi connectivity index (χ0v) is 16.9. The van der Waals surface area contributed by atoms with Crippen LogP contribution in [0.1, 0.15) is 42.6 Å². The maximum absolute atomic E-state index is 12.7. The molecule has 1 heterocycles. The van der Waals surface area contributed by atoms with Gasteiger partial charge in [0.2, 0.25) is 0 Å². The predicted molar refractivity (Wildman–Crippen MR) is 113 cm³/mol. The van der Waals surface area contributed by atoms with Crippen LogP contribution >= 0.6 is 0 Å². The Morgan fingerprint density at radius 3 is 2.66 bits per heavy atom. The van der Waals surface area contributed by atoms with Crippen molar-refractivity contribution in [2.45, 2.75) is 33.2 Å². The van der Waals surface area contributed by atoms with E-state index in [0.717, 1.165) is 35.5 Å². The number of hydrogen-bond donors (Lipinski definition) is 2. The van der Waals surface area contributed by atoms with E-state index >= 15 is 0 Å². The number of ether oxygens (including phenoxy) is 2. The third-order valence-electron chi connectivity index (χ3n) is 4.46. The molecule has 0 saturated heterocycles. The lowest BCUT2D eigenvalue weighted by atomic mass is 10.1. The average molecular weight is 393 g/mol. The molecule has 0 fully saturated rings. The second kappa shape index (κ2) is 10.3. The van der Waals surface area contributed by atoms with Gasteiger partial charge >= 0.3 is 0 Å². The third-order valence-corrected chi connectivity index (χ3v) is 4.46. The van der Waals surface area contributed by atoms with E-state index in [0.29, 0.717) is 31.0 Å². The first-order valence-corrected chi connectivity index (χ1v) is 9.97. The van der Waals surface area contributed by atoms with E-state index in [4.69, 9.17) is 9.47 Å². The average Bonchev–Trinajstić information content (AvgIpc) is 3.23. The number of hydrogen-bond acceptors (Lipinski definition) is 4. The van der Waals surface area contributed by atoms with Gasteiger partial charge in [0.25, 0.3) is 5.91 Å². The number of rotatable bonds is 10. The molecule has 1 aromatic heterocycles. The second-order valence-electron chi connectivity index (χ2n) is 6.65. The molecule has 0 aliphatic carbocycles. The van der Waals surface area contributed by atoms with Gasteiger partial charge in [0.15, 0.2) is 0 Å². The molecule has 0 spiro atoms. The number of nitrogens with zero attached hydrogens (tertiary/aromatic N) is 1. The molecule has 0 radical (unpaired) electrons. The lowest BCUT2D eigenvalue weighted by Gasteiger charge is -2.09. The number of unbranched alkanes of at least 4 members (excludes halogenated alkanes) is 1. The predicted octanol–water partition coefficient (Wildman–Crippen LogP) is 4.58. The van der Waals surface area contributed by atoms with Crippen molar-refractivity contribution in [2.24, 2.45) is 0 Å². The quantitative estimate of drug-likeness (QED) is 0.494. The first kappa shape index (κ1) is 20.5. The van der Waals surface area contributed by atoms with Crippen LogP contribution in [0.3, 0.4) is 0 Å². The van der Waals surface area contributed by atoms with E-state index in [9.17, 15) is 4.79 Å². The molecule has 0 aliphatic rings. The van der Waals surface area contributed by atoms with Crippen molar-refractivity contribution < 1.29 is 14.3 Å². The third kappa shape index (κ3) is 5.60. The van der Waals surface area contributed by atoms with Gasteiger partial charge in [-0.3, -0.25) is 9.89 Å². The minimum absolute atomic E-state index is 0.182. The summed E-state index contributed by atoms with van der Waals surface area (Å²) >= 11 is 0. The van der Waals surface area contributed by atoms with Crippen molar-refractivity contribution in [1.29, 1.82) is 0 Å². The van der Waals surface area contributed by atoms with Crippen molar-refractivity contribution in [3.8, 4) is 22.8 Å².